The maximum absolute atomic E-state index is 11.2. The molecule has 32 heavy (non-hydrogen) atoms. The maximum atomic E-state index is 11.2. The standard InChI is InChI=1S/C24H43NO6S/c1-3-4-5-6-7-8-9-10-11-12-13-16-22(21(27)15-14-17-23(28)29)32-19-25(18-26)20(2)24(30)31/h13,16,18,20-22,27H,3-12,14-15,17,19H2,1-2H3,(H,28,29)(H,30,31)/b16-13-/t20-,21-,22+/m0/s1. The first-order valence-corrected chi connectivity index (χ1v) is 13.0. The van der Waals surface area contributed by atoms with Crippen LogP contribution in [-0.4, -0.2) is 61.8 Å². The highest BCUT2D eigenvalue weighted by Gasteiger charge is 2.23. The van der Waals surface area contributed by atoms with Crippen molar-refractivity contribution in [3.8, 4) is 0 Å². The van der Waals surface area contributed by atoms with Gasteiger partial charge < -0.3 is 20.2 Å². The molecule has 0 aliphatic rings. The van der Waals surface area contributed by atoms with Crippen LogP contribution in [0.5, 0.6) is 0 Å². The van der Waals surface area contributed by atoms with E-state index in [0.29, 0.717) is 19.3 Å². The minimum atomic E-state index is -1.09. The Morgan fingerprint density at radius 2 is 1.56 bits per heavy atom. The van der Waals surface area contributed by atoms with Gasteiger partial charge in [0, 0.05) is 6.42 Å². The molecule has 0 aromatic rings. The van der Waals surface area contributed by atoms with Crippen molar-refractivity contribution < 1.29 is 29.7 Å². The molecule has 3 atom stereocenters. The molecular formula is C24H43NO6S. The van der Waals surface area contributed by atoms with E-state index in [-0.39, 0.29) is 17.5 Å². The highest BCUT2D eigenvalue weighted by Crippen LogP contribution is 2.22. The van der Waals surface area contributed by atoms with E-state index >= 15 is 0 Å². The van der Waals surface area contributed by atoms with Crippen LogP contribution in [0.25, 0.3) is 0 Å². The van der Waals surface area contributed by atoms with Crippen molar-refractivity contribution in [1.29, 1.82) is 0 Å². The van der Waals surface area contributed by atoms with E-state index in [2.05, 4.69) is 6.92 Å². The highest BCUT2D eigenvalue weighted by atomic mass is 32.2. The maximum Gasteiger partial charge on any atom is 0.326 e. The molecule has 0 aromatic carbocycles. The van der Waals surface area contributed by atoms with E-state index < -0.39 is 24.1 Å². The topological polar surface area (TPSA) is 115 Å². The number of allylic oxidation sites excluding steroid dienone is 1. The normalized spacial score (nSPS) is 14.2. The minimum Gasteiger partial charge on any atom is -0.481 e. The molecule has 7 nitrogen and oxygen atoms in total. The highest BCUT2D eigenvalue weighted by molar-refractivity contribution is 8.00. The predicted octanol–water partition coefficient (Wildman–Crippen LogP) is 5.07. The van der Waals surface area contributed by atoms with Crippen LogP contribution in [0.1, 0.15) is 97.3 Å². The fraction of sp³-hybridized carbons (Fsp3) is 0.792. The zero-order chi connectivity index (χ0) is 24.2. The first kappa shape index (κ1) is 30.5. The first-order chi connectivity index (χ1) is 15.3. The third kappa shape index (κ3) is 16.1. The van der Waals surface area contributed by atoms with Crippen LogP contribution in [0.15, 0.2) is 12.2 Å². The van der Waals surface area contributed by atoms with Gasteiger partial charge in [0.2, 0.25) is 6.41 Å². The molecule has 0 aliphatic carbocycles. The Labute approximate surface area is 197 Å². The predicted molar refractivity (Wildman–Crippen MR) is 130 cm³/mol. The van der Waals surface area contributed by atoms with Crippen molar-refractivity contribution >= 4 is 30.1 Å². The number of carbonyl (C=O) groups excluding carboxylic acids is 1. The van der Waals surface area contributed by atoms with E-state index in [1.807, 2.05) is 12.2 Å². The number of nitrogens with zero attached hydrogens (tertiary/aromatic N) is 1. The minimum absolute atomic E-state index is 0.00683. The summed E-state index contributed by atoms with van der Waals surface area (Å²) in [5.74, 6) is -1.85. The third-order valence-electron chi connectivity index (χ3n) is 5.48. The van der Waals surface area contributed by atoms with Gasteiger partial charge in [0.05, 0.1) is 17.2 Å². The molecule has 186 valence electrons. The van der Waals surface area contributed by atoms with Crippen LogP contribution in [0.4, 0.5) is 0 Å². The molecule has 0 spiro atoms. The molecule has 0 heterocycles. The van der Waals surface area contributed by atoms with E-state index in [4.69, 9.17) is 10.2 Å². The van der Waals surface area contributed by atoms with Crippen molar-refractivity contribution in [3.63, 3.8) is 0 Å². The molecule has 8 heteroatoms. The lowest BCUT2D eigenvalue weighted by Crippen LogP contribution is -2.38. The molecule has 0 fully saturated rings. The van der Waals surface area contributed by atoms with Gasteiger partial charge in [0.1, 0.15) is 6.04 Å². The number of carbonyl (C=O) groups is 3. The molecule has 0 saturated heterocycles. The Morgan fingerprint density at radius 3 is 2.09 bits per heavy atom. The van der Waals surface area contributed by atoms with Gasteiger partial charge in [0.15, 0.2) is 0 Å². The summed E-state index contributed by atoms with van der Waals surface area (Å²) in [4.78, 5) is 34.3. The molecule has 3 N–H and O–H groups in total. The van der Waals surface area contributed by atoms with Crippen molar-refractivity contribution in [2.45, 2.75) is 115 Å². The van der Waals surface area contributed by atoms with E-state index in [9.17, 15) is 19.5 Å². The fourth-order valence-electron chi connectivity index (χ4n) is 3.27. The van der Waals surface area contributed by atoms with Gasteiger partial charge in [-0.2, -0.15) is 0 Å². The third-order valence-corrected chi connectivity index (χ3v) is 6.78. The number of hydrogen-bond donors (Lipinski definition) is 3. The van der Waals surface area contributed by atoms with Gasteiger partial charge in [-0.3, -0.25) is 9.59 Å². The van der Waals surface area contributed by atoms with E-state index in [1.165, 1.54) is 75.0 Å². The van der Waals surface area contributed by atoms with Crippen molar-refractivity contribution in [3.05, 3.63) is 12.2 Å². The van der Waals surface area contributed by atoms with Crippen LogP contribution < -0.4 is 0 Å². The summed E-state index contributed by atoms with van der Waals surface area (Å²) in [6.07, 6.45) is 16.6. The first-order valence-electron chi connectivity index (χ1n) is 11.9. The van der Waals surface area contributed by atoms with Gasteiger partial charge in [-0.05, 0) is 32.6 Å². The number of rotatable bonds is 22. The summed E-state index contributed by atoms with van der Waals surface area (Å²) in [6, 6.07) is -0.948. The van der Waals surface area contributed by atoms with Gasteiger partial charge in [-0.1, -0.05) is 70.4 Å². The number of carboxylic acid groups (broad SMARTS) is 2. The van der Waals surface area contributed by atoms with Crippen molar-refractivity contribution in [1.82, 2.24) is 4.90 Å². The zero-order valence-corrected chi connectivity index (χ0v) is 20.6. The Hall–Kier alpha value is -1.54. The van der Waals surface area contributed by atoms with Crippen LogP contribution in [0.2, 0.25) is 0 Å². The molecule has 0 bridgehead atoms. The number of carboxylic acids is 2. The number of hydrogen-bond acceptors (Lipinski definition) is 5. The summed E-state index contributed by atoms with van der Waals surface area (Å²) in [5, 5.41) is 28.1. The number of thioether (sulfide) groups is 1. The SMILES string of the molecule is CCCCCCCCCCC/C=C\[C@@H](SCN(C=O)[C@@H](C)C(=O)O)[C@@H](O)CCCC(=O)O. The second-order valence-electron chi connectivity index (χ2n) is 8.29. The van der Waals surface area contributed by atoms with Crippen LogP contribution in [0.3, 0.4) is 0 Å². The molecule has 0 aliphatic heterocycles. The average Bonchev–Trinajstić information content (AvgIpc) is 2.75. The van der Waals surface area contributed by atoms with E-state index in [1.54, 1.807) is 0 Å². The fourth-order valence-corrected chi connectivity index (χ4v) is 4.48. The van der Waals surface area contributed by atoms with Gasteiger partial charge >= 0.3 is 11.9 Å². The molecule has 0 aromatic heterocycles. The molecule has 0 rings (SSSR count). The average molecular weight is 474 g/mol. The van der Waals surface area contributed by atoms with Crippen molar-refractivity contribution in [2.24, 2.45) is 0 Å². The second kappa shape index (κ2) is 20.1. The monoisotopic (exact) mass is 473 g/mol. The van der Waals surface area contributed by atoms with E-state index in [0.717, 1.165) is 12.8 Å². The number of aliphatic carboxylic acids is 2. The van der Waals surface area contributed by atoms with Gasteiger partial charge in [-0.25, -0.2) is 4.79 Å². The molecule has 1 amide bonds. The molecule has 0 saturated carbocycles. The molecule has 0 unspecified atom stereocenters. The summed E-state index contributed by atoms with van der Waals surface area (Å²) >= 11 is 1.30. The quantitative estimate of drug-likeness (QED) is 0.0870. The van der Waals surface area contributed by atoms with Crippen LogP contribution in [0, 0.1) is 0 Å². The Balaban J connectivity index is 4.49. The lowest BCUT2D eigenvalue weighted by Gasteiger charge is -2.25. The largest absolute Gasteiger partial charge is 0.481 e. The summed E-state index contributed by atoms with van der Waals surface area (Å²) < 4.78 is 0. The molecule has 0 radical (unpaired) electrons. The van der Waals surface area contributed by atoms with Gasteiger partial charge in [-0.15, -0.1) is 11.8 Å². The van der Waals surface area contributed by atoms with Crippen molar-refractivity contribution in [2.75, 3.05) is 5.88 Å². The lowest BCUT2D eigenvalue weighted by molar-refractivity contribution is -0.145. The number of amides is 1. The smallest absolute Gasteiger partial charge is 0.326 e. The van der Waals surface area contributed by atoms with Crippen LogP contribution in [-0.2, 0) is 14.4 Å². The van der Waals surface area contributed by atoms with Crippen LogP contribution >= 0.6 is 11.8 Å². The zero-order valence-electron chi connectivity index (χ0n) is 19.8. The molecular weight excluding hydrogens is 430 g/mol. The number of aliphatic hydroxyl groups excluding tert-OH is 1. The number of aliphatic hydroxyl groups is 1. The summed E-state index contributed by atoms with van der Waals surface area (Å²) in [7, 11) is 0. The number of unbranched alkanes of at least 4 members (excludes halogenated alkanes) is 9. The lowest BCUT2D eigenvalue weighted by atomic mass is 10.1. The summed E-state index contributed by atoms with van der Waals surface area (Å²) in [5.41, 5.74) is 0. The Morgan fingerprint density at radius 1 is 0.969 bits per heavy atom. The second-order valence-corrected chi connectivity index (χ2v) is 9.43. The summed E-state index contributed by atoms with van der Waals surface area (Å²) in [6.45, 7) is 3.66. The Kier molecular flexibility index (Phi) is 19.1. The van der Waals surface area contributed by atoms with Gasteiger partial charge in [0.25, 0.3) is 0 Å². The Bertz CT molecular complexity index is 543.